The van der Waals surface area contributed by atoms with Crippen LogP contribution in [0, 0.1) is 0 Å². The van der Waals surface area contributed by atoms with Gasteiger partial charge in [0.15, 0.2) is 11.0 Å². The van der Waals surface area contributed by atoms with E-state index in [4.69, 9.17) is 0 Å². The maximum absolute atomic E-state index is 4.62. The van der Waals surface area contributed by atoms with Gasteiger partial charge in [0.25, 0.3) is 0 Å². The third-order valence-electron chi connectivity index (χ3n) is 3.73. The Morgan fingerprint density at radius 3 is 2.75 bits per heavy atom. The van der Waals surface area contributed by atoms with Crippen molar-refractivity contribution < 1.29 is 0 Å². The Morgan fingerprint density at radius 2 is 1.96 bits per heavy atom. The largest absolute Gasteiger partial charge is 0.307 e. The van der Waals surface area contributed by atoms with E-state index >= 15 is 0 Å². The zero-order chi connectivity index (χ0) is 16.4. The normalized spacial score (nSPS) is 11.2. The molecule has 4 aromatic heterocycles. The molecule has 0 saturated carbocycles. The molecule has 0 radical (unpaired) electrons. The lowest BCUT2D eigenvalue weighted by Gasteiger charge is -2.06. The minimum atomic E-state index is 0.760. The highest BCUT2D eigenvalue weighted by atomic mass is 32.2. The summed E-state index contributed by atoms with van der Waals surface area (Å²) in [6.07, 6.45) is 7.60. The molecule has 120 valence electrons. The Labute approximate surface area is 143 Å². The molecule has 24 heavy (non-hydrogen) atoms. The van der Waals surface area contributed by atoms with Gasteiger partial charge in [-0.3, -0.25) is 4.98 Å². The second kappa shape index (κ2) is 6.45. The van der Waals surface area contributed by atoms with Crippen LogP contribution in [0.25, 0.3) is 17.0 Å². The van der Waals surface area contributed by atoms with Gasteiger partial charge in [-0.15, -0.1) is 10.2 Å². The van der Waals surface area contributed by atoms with E-state index in [1.54, 1.807) is 24.2 Å². The highest BCUT2D eigenvalue weighted by Crippen LogP contribution is 2.25. The number of rotatable bonds is 5. The maximum atomic E-state index is 4.62. The number of thioether (sulfide) groups is 1. The minimum absolute atomic E-state index is 0.760. The van der Waals surface area contributed by atoms with Crippen molar-refractivity contribution in [1.29, 1.82) is 0 Å². The van der Waals surface area contributed by atoms with Crippen LogP contribution in [0.3, 0.4) is 0 Å². The van der Waals surface area contributed by atoms with E-state index < -0.39 is 0 Å². The predicted molar refractivity (Wildman–Crippen MR) is 93.7 cm³/mol. The standard InChI is InChI=1S/C17H16N6S/c1-2-23-16(13-6-8-18-9-7-13)20-21-17(23)24-12-14-11-22-10-4-3-5-15(22)19-14/h3-11H,2,12H2,1H3. The lowest BCUT2D eigenvalue weighted by molar-refractivity contribution is 0.687. The van der Waals surface area contributed by atoms with Gasteiger partial charge in [0.1, 0.15) is 5.65 Å². The van der Waals surface area contributed by atoms with Crippen molar-refractivity contribution in [2.75, 3.05) is 0 Å². The quantitative estimate of drug-likeness (QED) is 0.523. The van der Waals surface area contributed by atoms with Gasteiger partial charge in [0, 0.05) is 42.6 Å². The summed E-state index contributed by atoms with van der Waals surface area (Å²) in [5.41, 5.74) is 3.02. The molecule has 0 fully saturated rings. The number of fused-ring (bicyclic) bond motifs is 1. The van der Waals surface area contributed by atoms with E-state index in [1.165, 1.54) is 0 Å². The number of imidazole rings is 1. The third kappa shape index (κ3) is 2.78. The molecule has 0 atom stereocenters. The van der Waals surface area contributed by atoms with Gasteiger partial charge in [0.05, 0.1) is 5.69 Å². The van der Waals surface area contributed by atoms with Gasteiger partial charge < -0.3 is 8.97 Å². The van der Waals surface area contributed by atoms with Crippen molar-refractivity contribution in [2.45, 2.75) is 24.4 Å². The SMILES string of the molecule is CCn1c(SCc2cn3ccccc3n2)nnc1-c1ccncc1. The van der Waals surface area contributed by atoms with Crippen molar-refractivity contribution >= 4 is 17.4 Å². The average molecular weight is 336 g/mol. The van der Waals surface area contributed by atoms with Crippen LogP contribution in [0.5, 0.6) is 0 Å². The van der Waals surface area contributed by atoms with Gasteiger partial charge in [-0.25, -0.2) is 4.98 Å². The van der Waals surface area contributed by atoms with Crippen LogP contribution < -0.4 is 0 Å². The van der Waals surface area contributed by atoms with Crippen LogP contribution >= 0.6 is 11.8 Å². The van der Waals surface area contributed by atoms with E-state index in [0.717, 1.165) is 40.2 Å². The van der Waals surface area contributed by atoms with Crippen molar-refractivity contribution in [3.05, 3.63) is 60.8 Å². The first-order valence-corrected chi connectivity index (χ1v) is 8.72. The van der Waals surface area contributed by atoms with Crippen molar-refractivity contribution in [3.63, 3.8) is 0 Å². The number of hydrogen-bond donors (Lipinski definition) is 0. The molecule has 0 aliphatic heterocycles. The summed E-state index contributed by atoms with van der Waals surface area (Å²) in [6, 6.07) is 9.90. The molecule has 6 nitrogen and oxygen atoms in total. The number of aromatic nitrogens is 6. The topological polar surface area (TPSA) is 60.9 Å². The maximum Gasteiger partial charge on any atom is 0.191 e. The molecule has 0 N–H and O–H groups in total. The molecule has 0 aliphatic carbocycles. The lowest BCUT2D eigenvalue weighted by Crippen LogP contribution is -2.00. The Kier molecular flexibility index (Phi) is 4.00. The third-order valence-corrected chi connectivity index (χ3v) is 4.73. The first-order chi connectivity index (χ1) is 11.8. The molecular weight excluding hydrogens is 320 g/mol. The molecule has 0 amide bonds. The minimum Gasteiger partial charge on any atom is -0.307 e. The first kappa shape index (κ1) is 14.9. The highest BCUT2D eigenvalue weighted by Gasteiger charge is 2.13. The molecule has 4 aromatic rings. The fourth-order valence-corrected chi connectivity index (χ4v) is 3.48. The van der Waals surface area contributed by atoms with E-state index in [0.29, 0.717) is 0 Å². The highest BCUT2D eigenvalue weighted by molar-refractivity contribution is 7.98. The number of nitrogens with zero attached hydrogens (tertiary/aromatic N) is 6. The molecule has 0 saturated heterocycles. The Balaban J connectivity index is 1.57. The van der Waals surface area contributed by atoms with Crippen LogP contribution in [0.1, 0.15) is 12.6 Å². The van der Waals surface area contributed by atoms with Crippen molar-refractivity contribution in [3.8, 4) is 11.4 Å². The van der Waals surface area contributed by atoms with Crippen molar-refractivity contribution in [1.82, 2.24) is 29.1 Å². The van der Waals surface area contributed by atoms with E-state index in [2.05, 4.69) is 37.9 Å². The van der Waals surface area contributed by atoms with E-state index in [-0.39, 0.29) is 0 Å². The fraction of sp³-hybridized carbons (Fsp3) is 0.176. The number of pyridine rings is 2. The fourth-order valence-electron chi connectivity index (χ4n) is 2.59. The van der Waals surface area contributed by atoms with Crippen molar-refractivity contribution in [2.24, 2.45) is 0 Å². The summed E-state index contributed by atoms with van der Waals surface area (Å²) in [7, 11) is 0. The molecular formula is C17H16N6S. The van der Waals surface area contributed by atoms with Gasteiger partial charge in [-0.1, -0.05) is 17.8 Å². The average Bonchev–Trinajstić information content (AvgIpc) is 3.23. The zero-order valence-corrected chi connectivity index (χ0v) is 14.0. The van der Waals surface area contributed by atoms with Gasteiger partial charge in [0.2, 0.25) is 0 Å². The molecule has 4 rings (SSSR count). The van der Waals surface area contributed by atoms with E-state index in [9.17, 15) is 0 Å². The Morgan fingerprint density at radius 1 is 1.08 bits per heavy atom. The summed E-state index contributed by atoms with van der Waals surface area (Å²) in [6.45, 7) is 2.92. The molecule has 4 heterocycles. The summed E-state index contributed by atoms with van der Waals surface area (Å²) in [5, 5.41) is 9.61. The van der Waals surface area contributed by atoms with Crippen LogP contribution in [-0.4, -0.2) is 29.1 Å². The molecule has 0 spiro atoms. The predicted octanol–water partition coefficient (Wildman–Crippen LogP) is 3.30. The zero-order valence-electron chi connectivity index (χ0n) is 13.2. The van der Waals surface area contributed by atoms with Crippen LogP contribution in [-0.2, 0) is 12.3 Å². The molecule has 0 bridgehead atoms. The molecule has 7 heteroatoms. The molecule has 0 unspecified atom stereocenters. The Hall–Kier alpha value is -2.67. The summed E-state index contributed by atoms with van der Waals surface area (Å²) >= 11 is 1.65. The van der Waals surface area contributed by atoms with Gasteiger partial charge >= 0.3 is 0 Å². The molecule has 0 aromatic carbocycles. The second-order valence-electron chi connectivity index (χ2n) is 5.27. The smallest absolute Gasteiger partial charge is 0.191 e. The summed E-state index contributed by atoms with van der Waals surface area (Å²) in [5.74, 6) is 1.63. The van der Waals surface area contributed by atoms with E-state index in [1.807, 2.05) is 40.9 Å². The van der Waals surface area contributed by atoms with Crippen LogP contribution in [0.15, 0.2) is 60.3 Å². The van der Waals surface area contributed by atoms with Gasteiger partial charge in [-0.2, -0.15) is 0 Å². The number of hydrogen-bond acceptors (Lipinski definition) is 5. The summed E-state index contributed by atoms with van der Waals surface area (Å²) in [4.78, 5) is 8.68. The summed E-state index contributed by atoms with van der Waals surface area (Å²) < 4.78 is 4.15. The first-order valence-electron chi connectivity index (χ1n) is 7.74. The lowest BCUT2D eigenvalue weighted by atomic mass is 10.2. The Bertz CT molecular complexity index is 927. The van der Waals surface area contributed by atoms with Crippen LogP contribution in [0.2, 0.25) is 0 Å². The monoisotopic (exact) mass is 336 g/mol. The second-order valence-corrected chi connectivity index (χ2v) is 6.22. The van der Waals surface area contributed by atoms with Crippen LogP contribution in [0.4, 0.5) is 0 Å². The van der Waals surface area contributed by atoms with Gasteiger partial charge in [-0.05, 0) is 31.2 Å². The molecule has 0 aliphatic rings.